The van der Waals surface area contributed by atoms with Gasteiger partial charge in [0.05, 0.1) is 17.4 Å². The minimum Gasteiger partial charge on any atom is -0.459 e. The van der Waals surface area contributed by atoms with E-state index in [1.165, 1.54) is 23.9 Å². The molecule has 1 saturated heterocycles. The molecule has 0 bridgehead atoms. The summed E-state index contributed by atoms with van der Waals surface area (Å²) >= 11 is 1.46. The van der Waals surface area contributed by atoms with Gasteiger partial charge in [-0.15, -0.1) is 0 Å². The highest BCUT2D eigenvalue weighted by molar-refractivity contribution is 8.03. The van der Waals surface area contributed by atoms with Gasteiger partial charge in [-0.05, 0) is 35.9 Å². The number of benzene rings is 2. The molecule has 1 fully saturated rings. The van der Waals surface area contributed by atoms with Crippen LogP contribution in [0.4, 0.5) is 5.69 Å². The van der Waals surface area contributed by atoms with Crippen LogP contribution in [0.2, 0.25) is 0 Å². The summed E-state index contributed by atoms with van der Waals surface area (Å²) in [4.78, 5) is 38.3. The van der Waals surface area contributed by atoms with Crippen molar-refractivity contribution in [3.63, 3.8) is 0 Å². The Morgan fingerprint density at radius 2 is 1.89 bits per heavy atom. The lowest BCUT2D eigenvalue weighted by molar-refractivity contribution is -0.384. The summed E-state index contributed by atoms with van der Waals surface area (Å²) in [7, 11) is 0. The quantitative estimate of drug-likeness (QED) is 0.322. The number of non-ortho nitro benzene ring substituents is 1. The molecule has 2 aliphatic heterocycles. The number of nitrogens with zero attached hydrogens (tertiary/aromatic N) is 2. The summed E-state index contributed by atoms with van der Waals surface area (Å²) in [6.07, 6.45) is 2.36. The van der Waals surface area contributed by atoms with Gasteiger partial charge in [-0.1, -0.05) is 30.0 Å². The maximum atomic E-state index is 12.8. The van der Waals surface area contributed by atoms with E-state index in [-0.39, 0.29) is 24.2 Å². The topological polar surface area (TPSA) is 89.7 Å². The lowest BCUT2D eigenvalue weighted by atomic mass is 10.0. The number of hydrogen-bond acceptors (Lipinski definition) is 6. The molecule has 8 heteroatoms. The number of ether oxygens (including phenoxy) is 1. The summed E-state index contributed by atoms with van der Waals surface area (Å²) in [6, 6.07) is 14.7. The first-order valence-corrected chi connectivity index (χ1v) is 9.50. The smallest absolute Gasteiger partial charge is 0.334 e. The SMILES string of the molecule is O=C(OCc1ccc([N+](=O)[O-])cc1)[C@H]1C(Sc2ccccc2)=C[C@@H]2CC(=O)N12. The number of hydrogen-bond donors (Lipinski definition) is 0. The second kappa shape index (κ2) is 7.47. The number of nitro benzene ring substituents is 1. The lowest BCUT2D eigenvalue weighted by Crippen LogP contribution is -2.55. The molecule has 0 aliphatic carbocycles. The van der Waals surface area contributed by atoms with Crippen molar-refractivity contribution in [1.29, 1.82) is 0 Å². The van der Waals surface area contributed by atoms with Crippen LogP contribution in [0.25, 0.3) is 0 Å². The Labute approximate surface area is 165 Å². The summed E-state index contributed by atoms with van der Waals surface area (Å²) in [5, 5.41) is 10.7. The van der Waals surface area contributed by atoms with Crippen LogP contribution in [0.1, 0.15) is 12.0 Å². The highest BCUT2D eigenvalue weighted by Crippen LogP contribution is 2.42. The van der Waals surface area contributed by atoms with Crippen molar-refractivity contribution in [3.8, 4) is 0 Å². The molecule has 142 valence electrons. The molecule has 0 spiro atoms. The summed E-state index contributed by atoms with van der Waals surface area (Å²) < 4.78 is 5.42. The summed E-state index contributed by atoms with van der Waals surface area (Å²) in [5.74, 6) is -0.564. The Balaban J connectivity index is 1.45. The average Bonchev–Trinajstić information content (AvgIpc) is 2.99. The molecule has 0 saturated carbocycles. The van der Waals surface area contributed by atoms with Gasteiger partial charge in [0.15, 0.2) is 6.04 Å². The van der Waals surface area contributed by atoms with Crippen LogP contribution in [0.3, 0.4) is 0 Å². The van der Waals surface area contributed by atoms with E-state index in [4.69, 9.17) is 4.74 Å². The van der Waals surface area contributed by atoms with Crippen LogP contribution in [0.5, 0.6) is 0 Å². The monoisotopic (exact) mass is 396 g/mol. The molecule has 0 aromatic heterocycles. The molecule has 0 radical (unpaired) electrons. The van der Waals surface area contributed by atoms with E-state index in [1.807, 2.05) is 36.4 Å². The molecule has 2 heterocycles. The predicted molar refractivity (Wildman–Crippen MR) is 102 cm³/mol. The standard InChI is InChI=1S/C20H16N2O5S/c23-18-11-15-10-17(28-16-4-2-1-3-5-16)19(21(15)18)20(24)27-12-13-6-8-14(9-7-13)22(25)26/h1-10,15,19H,11-12H2/t15-,19-/m1/s1. The van der Waals surface area contributed by atoms with Crippen LogP contribution in [0, 0.1) is 10.1 Å². The zero-order valence-electron chi connectivity index (χ0n) is 14.7. The predicted octanol–water partition coefficient (Wildman–Crippen LogP) is 3.30. The second-order valence-electron chi connectivity index (χ2n) is 6.49. The molecule has 2 aromatic rings. The van der Waals surface area contributed by atoms with Gasteiger partial charge in [-0.3, -0.25) is 14.9 Å². The third kappa shape index (κ3) is 3.50. The van der Waals surface area contributed by atoms with E-state index in [2.05, 4.69) is 0 Å². The largest absolute Gasteiger partial charge is 0.459 e. The van der Waals surface area contributed by atoms with Crippen LogP contribution in [-0.4, -0.2) is 33.8 Å². The van der Waals surface area contributed by atoms with Gasteiger partial charge in [-0.2, -0.15) is 0 Å². The summed E-state index contributed by atoms with van der Waals surface area (Å²) in [6.45, 7) is -0.0106. The van der Waals surface area contributed by atoms with Crippen LogP contribution in [0.15, 0.2) is 70.5 Å². The van der Waals surface area contributed by atoms with Gasteiger partial charge in [0, 0.05) is 21.9 Å². The normalized spacial score (nSPS) is 20.2. The number of rotatable bonds is 6. The number of nitro groups is 1. The van der Waals surface area contributed by atoms with Crippen LogP contribution < -0.4 is 0 Å². The Morgan fingerprint density at radius 1 is 1.18 bits per heavy atom. The molecular formula is C20H16N2O5S. The zero-order valence-corrected chi connectivity index (χ0v) is 15.5. The van der Waals surface area contributed by atoms with E-state index in [0.717, 1.165) is 9.80 Å². The number of amides is 1. The number of carbonyl (C=O) groups excluding carboxylic acids is 2. The zero-order chi connectivity index (χ0) is 19.7. The van der Waals surface area contributed by atoms with Crippen molar-refractivity contribution in [1.82, 2.24) is 4.90 Å². The highest BCUT2D eigenvalue weighted by atomic mass is 32.2. The maximum Gasteiger partial charge on any atom is 0.334 e. The molecule has 28 heavy (non-hydrogen) atoms. The molecule has 0 N–H and O–H groups in total. The van der Waals surface area contributed by atoms with Crippen molar-refractivity contribution in [3.05, 3.63) is 81.3 Å². The highest BCUT2D eigenvalue weighted by Gasteiger charge is 2.50. The van der Waals surface area contributed by atoms with E-state index < -0.39 is 16.9 Å². The lowest BCUT2D eigenvalue weighted by Gasteiger charge is -2.38. The van der Waals surface area contributed by atoms with Gasteiger partial charge >= 0.3 is 5.97 Å². The Morgan fingerprint density at radius 3 is 2.54 bits per heavy atom. The van der Waals surface area contributed by atoms with Gasteiger partial charge in [0.25, 0.3) is 5.69 Å². The fraction of sp³-hybridized carbons (Fsp3) is 0.200. The third-order valence-corrected chi connectivity index (χ3v) is 5.77. The van der Waals surface area contributed by atoms with Crippen molar-refractivity contribution in [2.75, 3.05) is 0 Å². The molecular weight excluding hydrogens is 380 g/mol. The Kier molecular flexibility index (Phi) is 4.87. The minimum atomic E-state index is -0.741. The first kappa shape index (κ1) is 18.2. The van der Waals surface area contributed by atoms with E-state index >= 15 is 0 Å². The van der Waals surface area contributed by atoms with Gasteiger partial charge in [0.1, 0.15) is 6.61 Å². The van der Waals surface area contributed by atoms with Crippen molar-refractivity contribution in [2.45, 2.75) is 30.0 Å². The molecule has 1 amide bonds. The maximum absolute atomic E-state index is 12.8. The molecule has 7 nitrogen and oxygen atoms in total. The minimum absolute atomic E-state index is 0.0106. The number of fused-ring (bicyclic) bond motifs is 1. The molecule has 2 atom stereocenters. The first-order valence-electron chi connectivity index (χ1n) is 8.68. The number of carbonyl (C=O) groups is 2. The van der Waals surface area contributed by atoms with Crippen molar-refractivity contribution < 1.29 is 19.2 Å². The van der Waals surface area contributed by atoms with Gasteiger partial charge < -0.3 is 9.64 Å². The van der Waals surface area contributed by atoms with E-state index in [1.54, 1.807) is 17.0 Å². The fourth-order valence-electron chi connectivity index (χ4n) is 3.24. The van der Waals surface area contributed by atoms with Crippen LogP contribution >= 0.6 is 11.8 Å². The molecule has 4 rings (SSSR count). The Hall–Kier alpha value is -3.13. The summed E-state index contributed by atoms with van der Waals surface area (Å²) in [5.41, 5.74) is 0.619. The number of thioether (sulfide) groups is 1. The Bertz CT molecular complexity index is 958. The van der Waals surface area contributed by atoms with Crippen molar-refractivity contribution in [2.24, 2.45) is 0 Å². The molecule has 2 aromatic carbocycles. The van der Waals surface area contributed by atoms with Gasteiger partial charge in [-0.25, -0.2) is 4.79 Å². The number of esters is 1. The number of β-lactam (4-membered cyclic amide) rings is 1. The second-order valence-corrected chi connectivity index (χ2v) is 7.64. The van der Waals surface area contributed by atoms with Gasteiger partial charge in [0.2, 0.25) is 5.91 Å². The van der Waals surface area contributed by atoms with Crippen LogP contribution in [-0.2, 0) is 20.9 Å². The first-order chi connectivity index (χ1) is 13.5. The molecule has 2 aliphatic rings. The average molecular weight is 396 g/mol. The van der Waals surface area contributed by atoms with E-state index in [0.29, 0.717) is 12.0 Å². The van der Waals surface area contributed by atoms with E-state index in [9.17, 15) is 19.7 Å². The molecule has 0 unspecified atom stereocenters. The fourth-order valence-corrected chi connectivity index (χ4v) is 4.35. The third-order valence-electron chi connectivity index (χ3n) is 4.66. The van der Waals surface area contributed by atoms with Crippen molar-refractivity contribution >= 4 is 29.3 Å².